The van der Waals surface area contributed by atoms with Crippen LogP contribution in [-0.2, 0) is 25.6 Å². The summed E-state index contributed by atoms with van der Waals surface area (Å²) in [6.07, 6.45) is 7.68. The third-order valence-corrected chi connectivity index (χ3v) is 5.84. The van der Waals surface area contributed by atoms with Crippen molar-refractivity contribution in [1.82, 2.24) is 25.9 Å². The third kappa shape index (κ3) is 9.92. The molecule has 0 fully saturated rings. The predicted molar refractivity (Wildman–Crippen MR) is 125 cm³/mol. The molecule has 4 atom stereocenters. The summed E-state index contributed by atoms with van der Waals surface area (Å²) in [7, 11) is 0. The lowest BCUT2D eigenvalue weighted by Gasteiger charge is -2.24. The van der Waals surface area contributed by atoms with E-state index in [1.54, 1.807) is 6.20 Å². The van der Waals surface area contributed by atoms with Crippen molar-refractivity contribution >= 4 is 47.2 Å². The Kier molecular flexibility index (Phi) is 12.8. The van der Waals surface area contributed by atoms with Gasteiger partial charge in [-0.25, -0.2) is 4.98 Å². The van der Waals surface area contributed by atoms with Crippen molar-refractivity contribution in [3.8, 4) is 0 Å². The Morgan fingerprint density at radius 3 is 2.03 bits per heavy atom. The van der Waals surface area contributed by atoms with Gasteiger partial charge >= 0.3 is 5.97 Å². The Hall–Kier alpha value is -2.25. The summed E-state index contributed by atoms with van der Waals surface area (Å²) in [6, 6.07) is -3.79. The molecule has 3 amide bonds. The molecule has 0 radical (unpaired) electrons. The Balaban J connectivity index is 2.83. The normalized spacial score (nSPS) is 14.6. The van der Waals surface area contributed by atoms with E-state index >= 15 is 0 Å². The fourth-order valence-electron chi connectivity index (χ4n) is 2.66. The van der Waals surface area contributed by atoms with E-state index in [0.717, 1.165) is 0 Å². The lowest BCUT2D eigenvalue weighted by atomic mass is 10.1. The number of hydrogen-bond acceptors (Lipinski definition) is 8. The van der Waals surface area contributed by atoms with Crippen molar-refractivity contribution in [2.24, 2.45) is 5.73 Å². The number of aliphatic carboxylic acids is 1. The van der Waals surface area contributed by atoms with Crippen LogP contribution in [0.2, 0.25) is 0 Å². The van der Waals surface area contributed by atoms with Crippen LogP contribution in [0, 0.1) is 0 Å². The number of amides is 3. The van der Waals surface area contributed by atoms with E-state index in [0.29, 0.717) is 30.0 Å². The Bertz CT molecular complexity index is 749. The predicted octanol–water partition coefficient (Wildman–Crippen LogP) is -0.655. The lowest BCUT2D eigenvalue weighted by Crippen LogP contribution is -2.57. The highest BCUT2D eigenvalue weighted by molar-refractivity contribution is 7.98. The number of carboxylic acids is 1. The van der Waals surface area contributed by atoms with Gasteiger partial charge in [-0.1, -0.05) is 0 Å². The summed E-state index contributed by atoms with van der Waals surface area (Å²) in [5.41, 5.74) is 6.66. The Morgan fingerprint density at radius 1 is 1.03 bits per heavy atom. The molecular weight excluding hydrogens is 456 g/mol. The van der Waals surface area contributed by atoms with E-state index < -0.39 is 47.9 Å². The molecule has 11 nitrogen and oxygen atoms in total. The van der Waals surface area contributed by atoms with Crippen LogP contribution in [0.5, 0.6) is 0 Å². The fourth-order valence-corrected chi connectivity index (χ4v) is 3.60. The third-order valence-electron chi connectivity index (χ3n) is 4.55. The van der Waals surface area contributed by atoms with E-state index in [1.807, 2.05) is 12.5 Å². The quantitative estimate of drug-likeness (QED) is 0.187. The van der Waals surface area contributed by atoms with Crippen LogP contribution in [-0.4, -0.2) is 86.9 Å². The number of aromatic amines is 1. The number of hydrogen-bond donors (Lipinski definition) is 6. The van der Waals surface area contributed by atoms with Gasteiger partial charge in [-0.2, -0.15) is 23.5 Å². The van der Waals surface area contributed by atoms with E-state index in [1.165, 1.54) is 36.8 Å². The molecule has 0 saturated heterocycles. The summed E-state index contributed by atoms with van der Waals surface area (Å²) in [5, 5.41) is 16.7. The van der Waals surface area contributed by atoms with E-state index in [2.05, 4.69) is 25.9 Å². The van der Waals surface area contributed by atoms with Gasteiger partial charge in [-0.15, -0.1) is 0 Å². The second kappa shape index (κ2) is 14.7. The van der Waals surface area contributed by atoms with Gasteiger partial charge in [-0.05, 0) is 43.8 Å². The molecule has 1 heterocycles. The molecule has 1 aromatic rings. The average Bonchev–Trinajstić information content (AvgIpc) is 3.26. The molecule has 0 saturated carbocycles. The second-order valence-corrected chi connectivity index (χ2v) is 9.11. The zero-order valence-corrected chi connectivity index (χ0v) is 20.1. The summed E-state index contributed by atoms with van der Waals surface area (Å²) in [5.74, 6) is -1.60. The minimum atomic E-state index is -1.18. The maximum absolute atomic E-state index is 12.9. The number of rotatable bonds is 15. The number of nitrogens with one attached hydrogen (secondary N) is 4. The van der Waals surface area contributed by atoms with E-state index in [9.17, 15) is 19.2 Å². The van der Waals surface area contributed by atoms with Crippen LogP contribution in [0.3, 0.4) is 0 Å². The van der Waals surface area contributed by atoms with E-state index in [-0.39, 0.29) is 6.42 Å². The van der Waals surface area contributed by atoms with Gasteiger partial charge in [0, 0.05) is 18.3 Å². The number of aromatic nitrogens is 2. The highest BCUT2D eigenvalue weighted by Crippen LogP contribution is 2.06. The highest BCUT2D eigenvalue weighted by Gasteiger charge is 2.29. The first kappa shape index (κ1) is 27.8. The summed E-state index contributed by atoms with van der Waals surface area (Å²) >= 11 is 3.01. The minimum absolute atomic E-state index is 0.231. The number of imidazole rings is 1. The molecule has 13 heteroatoms. The van der Waals surface area contributed by atoms with Crippen LogP contribution in [0.4, 0.5) is 0 Å². The molecule has 0 spiro atoms. The molecular formula is C19H32N6O5S2. The maximum Gasteiger partial charge on any atom is 0.325 e. The molecule has 180 valence electrons. The number of thioether (sulfide) groups is 2. The van der Waals surface area contributed by atoms with Gasteiger partial charge in [-0.3, -0.25) is 19.2 Å². The van der Waals surface area contributed by atoms with Gasteiger partial charge in [0.1, 0.15) is 18.1 Å². The molecule has 0 aliphatic heterocycles. The molecule has 0 aliphatic carbocycles. The molecule has 0 bridgehead atoms. The monoisotopic (exact) mass is 488 g/mol. The van der Waals surface area contributed by atoms with Crippen molar-refractivity contribution in [1.29, 1.82) is 0 Å². The summed E-state index contributed by atoms with van der Waals surface area (Å²) in [4.78, 5) is 55.8. The average molecular weight is 489 g/mol. The fraction of sp³-hybridized carbons (Fsp3) is 0.632. The van der Waals surface area contributed by atoms with Crippen LogP contribution >= 0.6 is 23.5 Å². The summed E-state index contributed by atoms with van der Waals surface area (Å²) < 4.78 is 0. The van der Waals surface area contributed by atoms with Gasteiger partial charge < -0.3 is 31.8 Å². The smallest absolute Gasteiger partial charge is 0.325 e. The minimum Gasteiger partial charge on any atom is -0.480 e. The maximum atomic E-state index is 12.9. The van der Waals surface area contributed by atoms with Crippen molar-refractivity contribution in [2.75, 3.05) is 24.0 Å². The second-order valence-electron chi connectivity index (χ2n) is 7.14. The lowest BCUT2D eigenvalue weighted by molar-refractivity contribution is -0.141. The van der Waals surface area contributed by atoms with Crippen LogP contribution in [0.15, 0.2) is 12.5 Å². The highest BCUT2D eigenvalue weighted by atomic mass is 32.2. The van der Waals surface area contributed by atoms with Crippen molar-refractivity contribution in [3.63, 3.8) is 0 Å². The van der Waals surface area contributed by atoms with Crippen molar-refractivity contribution in [2.45, 2.75) is 50.4 Å². The zero-order valence-electron chi connectivity index (χ0n) is 18.4. The van der Waals surface area contributed by atoms with Gasteiger partial charge in [0.15, 0.2) is 0 Å². The zero-order chi connectivity index (χ0) is 24.1. The standard InChI is InChI=1S/C19H32N6O5S2/c1-11(19(29)30)23-17(27)14(4-6-31-2)25-18(28)15(5-7-32-3)24-16(26)13(20)8-12-9-21-10-22-12/h9-11,13-15H,4-8,20H2,1-3H3,(H,21,22)(H,23,27)(H,24,26)(H,25,28)(H,29,30)/t11-,13-,14-,15-/m0/s1. The molecule has 32 heavy (non-hydrogen) atoms. The Morgan fingerprint density at radius 2 is 1.56 bits per heavy atom. The Labute approximate surface area is 195 Å². The van der Waals surface area contributed by atoms with Crippen molar-refractivity contribution < 1.29 is 24.3 Å². The van der Waals surface area contributed by atoms with Crippen LogP contribution < -0.4 is 21.7 Å². The van der Waals surface area contributed by atoms with Gasteiger partial charge in [0.25, 0.3) is 0 Å². The first-order valence-corrected chi connectivity index (χ1v) is 12.8. The van der Waals surface area contributed by atoms with Gasteiger partial charge in [0.2, 0.25) is 17.7 Å². The first-order chi connectivity index (χ1) is 15.2. The molecule has 1 rings (SSSR count). The molecule has 0 aromatic carbocycles. The molecule has 0 aliphatic rings. The SMILES string of the molecule is CSCC[C@H](NC(=O)[C@H](CCSC)NC(=O)[C@@H](N)Cc1cnc[nH]1)C(=O)N[C@@H](C)C(=O)O. The molecule has 0 unspecified atom stereocenters. The van der Waals surface area contributed by atoms with Crippen molar-refractivity contribution in [3.05, 3.63) is 18.2 Å². The number of carbonyl (C=O) groups is 4. The van der Waals surface area contributed by atoms with Gasteiger partial charge in [0.05, 0.1) is 12.4 Å². The van der Waals surface area contributed by atoms with Crippen LogP contribution in [0.1, 0.15) is 25.5 Å². The summed E-state index contributed by atoms with van der Waals surface area (Å²) in [6.45, 7) is 1.34. The number of nitrogens with two attached hydrogens (primary N) is 1. The number of carboxylic acid groups (broad SMARTS) is 1. The largest absolute Gasteiger partial charge is 0.480 e. The first-order valence-electron chi connectivity index (χ1n) is 10.0. The molecule has 1 aromatic heterocycles. The van der Waals surface area contributed by atoms with Crippen LogP contribution in [0.25, 0.3) is 0 Å². The number of nitrogens with zero attached hydrogens (tertiary/aromatic N) is 1. The van der Waals surface area contributed by atoms with E-state index in [4.69, 9.17) is 10.8 Å². The number of carbonyl (C=O) groups excluding carboxylic acids is 3. The molecule has 7 N–H and O–H groups in total. The number of H-pyrrole nitrogens is 1. The topological polar surface area (TPSA) is 179 Å².